The third-order valence-electron chi connectivity index (χ3n) is 6.50. The van der Waals surface area contributed by atoms with Crippen molar-refractivity contribution in [2.24, 2.45) is 0 Å². The highest BCUT2D eigenvalue weighted by atomic mass is 19.1. The van der Waals surface area contributed by atoms with E-state index in [9.17, 15) is 9.18 Å². The van der Waals surface area contributed by atoms with Crippen LogP contribution in [-0.2, 0) is 11.2 Å². The van der Waals surface area contributed by atoms with Gasteiger partial charge >= 0.3 is 0 Å². The van der Waals surface area contributed by atoms with Crippen LogP contribution < -0.4 is 0 Å². The standard InChI is InChI=1S/C24H30FN3O2/c1-19-18-24(10-17-30-19,23(29)22-8-4-5-11-26-22)28-15-13-27(14-16-28)12-9-20-6-2-3-7-21(20)25/h2-8,11,19H,9-10,12-18H2,1H3/t19-,24-/m0/s1. The highest BCUT2D eigenvalue weighted by Crippen LogP contribution is 2.35. The largest absolute Gasteiger partial charge is 0.378 e. The molecule has 0 radical (unpaired) electrons. The maximum Gasteiger partial charge on any atom is 0.201 e. The Kier molecular flexibility index (Phi) is 6.56. The molecule has 1 aromatic carbocycles. The zero-order valence-corrected chi connectivity index (χ0v) is 17.6. The fraction of sp³-hybridized carbons (Fsp3) is 0.500. The number of carbonyl (C=O) groups excluding carboxylic acids is 1. The van der Waals surface area contributed by atoms with Gasteiger partial charge in [-0.1, -0.05) is 24.3 Å². The topological polar surface area (TPSA) is 45.7 Å². The molecule has 2 fully saturated rings. The van der Waals surface area contributed by atoms with E-state index in [-0.39, 0.29) is 17.7 Å². The second-order valence-corrected chi connectivity index (χ2v) is 8.38. The van der Waals surface area contributed by atoms with Crippen molar-refractivity contribution in [3.8, 4) is 0 Å². The SMILES string of the molecule is C[C@H]1C[C@@](C(=O)c2ccccn2)(N2CCN(CCc3ccccc3F)CC2)CCO1. The first-order chi connectivity index (χ1) is 14.6. The number of halogens is 1. The molecule has 2 saturated heterocycles. The third-order valence-corrected chi connectivity index (χ3v) is 6.50. The fourth-order valence-electron chi connectivity index (χ4n) is 4.82. The quantitative estimate of drug-likeness (QED) is 0.683. The predicted octanol–water partition coefficient (Wildman–Crippen LogP) is 3.20. The molecule has 5 nitrogen and oxygen atoms in total. The van der Waals surface area contributed by atoms with Crippen LogP contribution in [0.4, 0.5) is 4.39 Å². The van der Waals surface area contributed by atoms with Gasteiger partial charge in [-0.25, -0.2) is 4.39 Å². The molecule has 4 rings (SSSR count). The summed E-state index contributed by atoms with van der Waals surface area (Å²) in [7, 11) is 0. The van der Waals surface area contributed by atoms with Gasteiger partial charge in [0.2, 0.25) is 5.78 Å². The van der Waals surface area contributed by atoms with Gasteiger partial charge in [0, 0.05) is 45.5 Å². The van der Waals surface area contributed by atoms with E-state index in [2.05, 4.69) is 14.8 Å². The van der Waals surface area contributed by atoms with Gasteiger partial charge in [0.25, 0.3) is 0 Å². The summed E-state index contributed by atoms with van der Waals surface area (Å²) in [5.41, 5.74) is 0.748. The molecule has 30 heavy (non-hydrogen) atoms. The Hall–Kier alpha value is -2.15. The predicted molar refractivity (Wildman–Crippen MR) is 114 cm³/mol. The van der Waals surface area contributed by atoms with E-state index in [0.717, 1.165) is 38.3 Å². The smallest absolute Gasteiger partial charge is 0.201 e. The second kappa shape index (κ2) is 9.33. The Balaban J connectivity index is 1.43. The molecule has 0 amide bonds. The number of ether oxygens (including phenoxy) is 1. The normalized spacial score (nSPS) is 25.9. The molecular formula is C24H30FN3O2. The maximum absolute atomic E-state index is 13.9. The van der Waals surface area contributed by atoms with Crippen molar-refractivity contribution in [2.75, 3.05) is 39.3 Å². The van der Waals surface area contributed by atoms with Crippen LogP contribution in [-0.4, -0.2) is 71.5 Å². The lowest BCUT2D eigenvalue weighted by Gasteiger charge is -2.49. The average Bonchev–Trinajstić information content (AvgIpc) is 2.79. The lowest BCUT2D eigenvalue weighted by Crippen LogP contribution is -2.63. The highest BCUT2D eigenvalue weighted by molar-refractivity contribution is 6.01. The lowest BCUT2D eigenvalue weighted by molar-refractivity contribution is -0.0641. The minimum absolute atomic E-state index is 0.0468. The van der Waals surface area contributed by atoms with Crippen LogP contribution >= 0.6 is 0 Å². The van der Waals surface area contributed by atoms with Crippen LogP contribution in [0.2, 0.25) is 0 Å². The first-order valence-corrected chi connectivity index (χ1v) is 10.9. The van der Waals surface area contributed by atoms with Gasteiger partial charge in [-0.2, -0.15) is 0 Å². The van der Waals surface area contributed by atoms with Crippen molar-refractivity contribution in [1.82, 2.24) is 14.8 Å². The van der Waals surface area contributed by atoms with E-state index in [4.69, 9.17) is 4.74 Å². The van der Waals surface area contributed by atoms with Gasteiger partial charge in [-0.15, -0.1) is 0 Å². The molecule has 0 bridgehead atoms. The summed E-state index contributed by atoms with van der Waals surface area (Å²) in [4.78, 5) is 22.6. The van der Waals surface area contributed by atoms with Gasteiger partial charge in [-0.05, 0) is 49.9 Å². The Morgan fingerprint density at radius 2 is 1.93 bits per heavy atom. The molecular weight excluding hydrogens is 381 g/mol. The Labute approximate surface area is 177 Å². The molecule has 0 aliphatic carbocycles. The molecule has 0 spiro atoms. The third kappa shape index (κ3) is 4.46. The number of Topliss-reactive ketones (excluding diaryl/α,β-unsaturated/α-hetero) is 1. The minimum atomic E-state index is -0.552. The molecule has 2 aromatic rings. The van der Waals surface area contributed by atoms with Gasteiger partial charge < -0.3 is 9.64 Å². The van der Waals surface area contributed by atoms with Crippen LogP contribution in [0.5, 0.6) is 0 Å². The van der Waals surface area contributed by atoms with Gasteiger partial charge in [-0.3, -0.25) is 14.7 Å². The zero-order chi connectivity index (χ0) is 21.0. The van der Waals surface area contributed by atoms with Crippen molar-refractivity contribution < 1.29 is 13.9 Å². The van der Waals surface area contributed by atoms with E-state index in [0.29, 0.717) is 31.6 Å². The Morgan fingerprint density at radius 1 is 1.17 bits per heavy atom. The lowest BCUT2D eigenvalue weighted by atomic mass is 9.79. The number of hydrogen-bond donors (Lipinski definition) is 0. The van der Waals surface area contributed by atoms with Crippen molar-refractivity contribution in [3.05, 3.63) is 65.7 Å². The number of aromatic nitrogens is 1. The number of hydrogen-bond acceptors (Lipinski definition) is 5. The molecule has 2 atom stereocenters. The first kappa shape index (κ1) is 21.1. The van der Waals surface area contributed by atoms with Crippen molar-refractivity contribution >= 4 is 5.78 Å². The van der Waals surface area contributed by atoms with Crippen molar-refractivity contribution in [1.29, 1.82) is 0 Å². The molecule has 3 heterocycles. The van der Waals surface area contributed by atoms with Gasteiger partial charge in [0.05, 0.1) is 11.6 Å². The van der Waals surface area contributed by atoms with E-state index >= 15 is 0 Å². The van der Waals surface area contributed by atoms with Crippen molar-refractivity contribution in [2.45, 2.75) is 37.8 Å². The van der Waals surface area contributed by atoms with E-state index in [1.54, 1.807) is 12.3 Å². The Morgan fingerprint density at radius 3 is 2.63 bits per heavy atom. The van der Waals surface area contributed by atoms with Crippen LogP contribution in [0.1, 0.15) is 35.8 Å². The number of carbonyl (C=O) groups is 1. The van der Waals surface area contributed by atoms with Crippen LogP contribution in [0.25, 0.3) is 0 Å². The molecule has 160 valence electrons. The zero-order valence-electron chi connectivity index (χ0n) is 17.6. The monoisotopic (exact) mass is 411 g/mol. The molecule has 2 aliphatic rings. The summed E-state index contributed by atoms with van der Waals surface area (Å²) in [5, 5.41) is 0. The molecule has 0 N–H and O–H groups in total. The highest BCUT2D eigenvalue weighted by Gasteiger charge is 2.48. The maximum atomic E-state index is 13.9. The molecule has 2 aliphatic heterocycles. The summed E-state index contributed by atoms with van der Waals surface area (Å²) < 4.78 is 19.7. The number of pyridine rings is 1. The van der Waals surface area contributed by atoms with Gasteiger partial charge in [0.1, 0.15) is 11.5 Å². The first-order valence-electron chi connectivity index (χ1n) is 10.9. The summed E-state index contributed by atoms with van der Waals surface area (Å²) in [5.74, 6) is -0.0229. The van der Waals surface area contributed by atoms with E-state index in [1.165, 1.54) is 6.07 Å². The molecule has 1 aromatic heterocycles. The van der Waals surface area contributed by atoms with Crippen LogP contribution in [0, 0.1) is 5.82 Å². The molecule has 0 saturated carbocycles. The van der Waals surface area contributed by atoms with E-state index < -0.39 is 5.54 Å². The summed E-state index contributed by atoms with van der Waals surface area (Å²) in [6.07, 6.45) is 3.82. The van der Waals surface area contributed by atoms with Gasteiger partial charge in [0.15, 0.2) is 0 Å². The van der Waals surface area contributed by atoms with E-state index in [1.807, 2.05) is 37.3 Å². The summed E-state index contributed by atoms with van der Waals surface area (Å²) >= 11 is 0. The summed E-state index contributed by atoms with van der Waals surface area (Å²) in [6, 6.07) is 12.5. The number of rotatable bonds is 6. The average molecular weight is 412 g/mol. The number of piperazine rings is 1. The minimum Gasteiger partial charge on any atom is -0.378 e. The summed E-state index contributed by atoms with van der Waals surface area (Å²) in [6.45, 7) is 6.86. The molecule has 0 unspecified atom stereocenters. The van der Waals surface area contributed by atoms with Crippen LogP contribution in [0.15, 0.2) is 48.7 Å². The fourth-order valence-corrected chi connectivity index (χ4v) is 4.82. The second-order valence-electron chi connectivity index (χ2n) is 8.38. The number of benzene rings is 1. The number of ketones is 1. The Bertz CT molecular complexity index is 855. The van der Waals surface area contributed by atoms with Crippen molar-refractivity contribution in [3.63, 3.8) is 0 Å². The number of nitrogens with zero attached hydrogens (tertiary/aromatic N) is 3. The van der Waals surface area contributed by atoms with Crippen LogP contribution in [0.3, 0.4) is 0 Å². The molecule has 6 heteroatoms.